The Hall–Kier alpha value is -1.67. The number of aliphatic hydroxyl groups excluding tert-OH is 1. The summed E-state index contributed by atoms with van der Waals surface area (Å²) < 4.78 is 5.03. The lowest BCUT2D eigenvalue weighted by molar-refractivity contribution is -0.122. The van der Waals surface area contributed by atoms with E-state index in [1.807, 2.05) is 4.90 Å². The SMILES string of the molecule is COCC(CO)CCN1C=NC2C(=O)NC(N)=NC21. The molecule has 4 N–H and O–H groups in total. The van der Waals surface area contributed by atoms with Gasteiger partial charge in [-0.25, -0.2) is 4.99 Å². The van der Waals surface area contributed by atoms with Crippen molar-refractivity contribution in [1.29, 1.82) is 0 Å². The maximum atomic E-state index is 11.7. The summed E-state index contributed by atoms with van der Waals surface area (Å²) in [6.45, 7) is 1.21. The molecule has 0 aliphatic carbocycles. The number of hydrogen-bond acceptors (Lipinski definition) is 7. The molecule has 1 amide bonds. The molecule has 2 rings (SSSR count). The fourth-order valence-electron chi connectivity index (χ4n) is 2.19. The molecular weight excluding hydrogens is 250 g/mol. The Kier molecular flexibility index (Phi) is 4.33. The highest BCUT2D eigenvalue weighted by Crippen LogP contribution is 2.19. The van der Waals surface area contributed by atoms with Crippen LogP contribution in [0.1, 0.15) is 6.42 Å². The predicted octanol–water partition coefficient (Wildman–Crippen LogP) is -1.89. The minimum absolute atomic E-state index is 0.0659. The topological polar surface area (TPSA) is 113 Å². The quantitative estimate of drug-likeness (QED) is 0.522. The van der Waals surface area contributed by atoms with E-state index in [0.29, 0.717) is 13.2 Å². The first-order chi connectivity index (χ1) is 9.15. The number of nitrogens with two attached hydrogens (primary N) is 1. The number of fused-ring (bicyclic) bond motifs is 1. The van der Waals surface area contributed by atoms with Gasteiger partial charge in [-0.15, -0.1) is 0 Å². The first-order valence-corrected chi connectivity index (χ1v) is 6.18. The molecule has 0 aromatic carbocycles. The second-order valence-corrected chi connectivity index (χ2v) is 4.66. The normalized spacial score (nSPS) is 26.9. The van der Waals surface area contributed by atoms with Gasteiger partial charge in [-0.2, -0.15) is 0 Å². The van der Waals surface area contributed by atoms with E-state index in [4.69, 9.17) is 10.5 Å². The number of nitrogens with zero attached hydrogens (tertiary/aromatic N) is 3. The molecule has 106 valence electrons. The summed E-state index contributed by atoms with van der Waals surface area (Å²) in [7, 11) is 1.60. The number of carbonyl (C=O) groups is 1. The van der Waals surface area contributed by atoms with E-state index in [9.17, 15) is 9.90 Å². The molecule has 0 saturated carbocycles. The molecule has 0 saturated heterocycles. The van der Waals surface area contributed by atoms with Gasteiger partial charge in [0.25, 0.3) is 5.91 Å². The molecule has 2 heterocycles. The van der Waals surface area contributed by atoms with Crippen LogP contribution < -0.4 is 11.1 Å². The Labute approximate surface area is 111 Å². The Bertz CT molecular complexity index is 398. The van der Waals surface area contributed by atoms with Crippen molar-refractivity contribution in [3.8, 4) is 0 Å². The summed E-state index contributed by atoms with van der Waals surface area (Å²) in [5.41, 5.74) is 5.55. The highest BCUT2D eigenvalue weighted by Gasteiger charge is 2.39. The number of hydrogen-bond donors (Lipinski definition) is 3. The van der Waals surface area contributed by atoms with E-state index in [-0.39, 0.29) is 30.6 Å². The maximum Gasteiger partial charge on any atom is 0.255 e. The fraction of sp³-hybridized carbons (Fsp3) is 0.727. The molecule has 3 atom stereocenters. The lowest BCUT2D eigenvalue weighted by Gasteiger charge is -2.28. The largest absolute Gasteiger partial charge is 0.396 e. The average molecular weight is 269 g/mol. The Balaban J connectivity index is 1.93. The lowest BCUT2D eigenvalue weighted by atomic mass is 10.1. The van der Waals surface area contributed by atoms with Crippen LogP contribution in [-0.4, -0.2) is 67.3 Å². The van der Waals surface area contributed by atoms with Gasteiger partial charge < -0.3 is 20.5 Å². The highest BCUT2D eigenvalue weighted by atomic mass is 16.5. The number of guanidine groups is 1. The van der Waals surface area contributed by atoms with E-state index in [0.717, 1.165) is 6.42 Å². The van der Waals surface area contributed by atoms with Gasteiger partial charge in [0.15, 0.2) is 18.2 Å². The molecule has 19 heavy (non-hydrogen) atoms. The van der Waals surface area contributed by atoms with E-state index in [2.05, 4.69) is 15.3 Å². The smallest absolute Gasteiger partial charge is 0.255 e. The molecule has 8 heteroatoms. The molecule has 8 nitrogen and oxygen atoms in total. The number of aliphatic hydroxyl groups is 1. The second kappa shape index (κ2) is 5.98. The zero-order chi connectivity index (χ0) is 13.8. The number of amides is 1. The maximum absolute atomic E-state index is 11.7. The van der Waals surface area contributed by atoms with Gasteiger partial charge in [0.2, 0.25) is 0 Å². The van der Waals surface area contributed by atoms with Gasteiger partial charge in [-0.3, -0.25) is 15.1 Å². The first kappa shape index (κ1) is 13.8. The van der Waals surface area contributed by atoms with Crippen LogP contribution in [0.5, 0.6) is 0 Å². The molecule has 0 spiro atoms. The van der Waals surface area contributed by atoms with Crippen molar-refractivity contribution >= 4 is 18.2 Å². The average Bonchev–Trinajstić information content (AvgIpc) is 2.78. The summed E-state index contributed by atoms with van der Waals surface area (Å²) in [6.07, 6.45) is 1.99. The Morgan fingerprint density at radius 3 is 3.16 bits per heavy atom. The van der Waals surface area contributed by atoms with Crippen molar-refractivity contribution < 1.29 is 14.6 Å². The number of rotatable bonds is 6. The van der Waals surface area contributed by atoms with Crippen LogP contribution in [0.15, 0.2) is 9.98 Å². The molecule has 2 aliphatic rings. The second-order valence-electron chi connectivity index (χ2n) is 4.66. The third kappa shape index (κ3) is 3.02. The number of methoxy groups -OCH3 is 1. The summed E-state index contributed by atoms with van der Waals surface area (Å²) in [4.78, 5) is 21.9. The lowest BCUT2D eigenvalue weighted by Crippen LogP contribution is -2.53. The van der Waals surface area contributed by atoms with E-state index < -0.39 is 6.04 Å². The number of ether oxygens (including phenoxy) is 1. The van der Waals surface area contributed by atoms with Crippen LogP contribution in [0.25, 0.3) is 0 Å². The van der Waals surface area contributed by atoms with Gasteiger partial charge in [0.1, 0.15) is 0 Å². The molecule has 3 unspecified atom stereocenters. The van der Waals surface area contributed by atoms with Crippen molar-refractivity contribution in [3.05, 3.63) is 0 Å². The minimum Gasteiger partial charge on any atom is -0.396 e. The molecule has 0 bridgehead atoms. The van der Waals surface area contributed by atoms with Gasteiger partial charge in [-0.1, -0.05) is 0 Å². The Morgan fingerprint density at radius 1 is 1.68 bits per heavy atom. The van der Waals surface area contributed by atoms with E-state index in [1.54, 1.807) is 13.4 Å². The van der Waals surface area contributed by atoms with Crippen molar-refractivity contribution in [2.75, 3.05) is 26.9 Å². The van der Waals surface area contributed by atoms with Gasteiger partial charge in [0, 0.05) is 26.2 Å². The fourth-order valence-corrected chi connectivity index (χ4v) is 2.19. The molecule has 2 aliphatic heterocycles. The van der Waals surface area contributed by atoms with Crippen LogP contribution in [0, 0.1) is 5.92 Å². The van der Waals surface area contributed by atoms with Crippen molar-refractivity contribution in [2.45, 2.75) is 18.6 Å². The van der Waals surface area contributed by atoms with Gasteiger partial charge in [-0.05, 0) is 6.42 Å². The third-order valence-electron chi connectivity index (χ3n) is 3.25. The predicted molar refractivity (Wildman–Crippen MR) is 69.6 cm³/mol. The molecule has 0 aromatic heterocycles. The molecule has 0 radical (unpaired) electrons. The van der Waals surface area contributed by atoms with Crippen LogP contribution >= 0.6 is 0 Å². The minimum atomic E-state index is -0.526. The van der Waals surface area contributed by atoms with Crippen LogP contribution in [0.2, 0.25) is 0 Å². The monoisotopic (exact) mass is 269 g/mol. The number of carbonyl (C=O) groups excluding carboxylic acids is 1. The van der Waals surface area contributed by atoms with Crippen molar-refractivity contribution in [1.82, 2.24) is 10.2 Å². The van der Waals surface area contributed by atoms with Gasteiger partial charge in [0.05, 0.1) is 12.9 Å². The summed E-state index contributed by atoms with van der Waals surface area (Å²) >= 11 is 0. The molecule has 0 fully saturated rings. The molecular formula is C11H19N5O3. The molecule has 0 aromatic rings. The van der Waals surface area contributed by atoms with E-state index in [1.165, 1.54) is 0 Å². The standard InChI is InChI=1S/C11H19N5O3/c1-19-5-7(4-17)2-3-16-6-13-8-9(16)14-11(12)15-10(8)18/h6-9,17H,2-5H2,1H3,(H3,12,14,15,18). The van der Waals surface area contributed by atoms with Crippen LogP contribution in [0.4, 0.5) is 0 Å². The van der Waals surface area contributed by atoms with Crippen LogP contribution in [0.3, 0.4) is 0 Å². The third-order valence-corrected chi connectivity index (χ3v) is 3.25. The number of aliphatic imine (C=N–C) groups is 2. The Morgan fingerprint density at radius 2 is 2.47 bits per heavy atom. The first-order valence-electron chi connectivity index (χ1n) is 6.18. The summed E-state index contributed by atoms with van der Waals surface area (Å²) in [5.74, 6) is -0.0413. The summed E-state index contributed by atoms with van der Waals surface area (Å²) in [6, 6.07) is -0.526. The van der Waals surface area contributed by atoms with Crippen molar-refractivity contribution in [2.24, 2.45) is 21.6 Å². The summed E-state index contributed by atoms with van der Waals surface area (Å²) in [5, 5.41) is 11.7. The zero-order valence-corrected chi connectivity index (χ0v) is 10.8. The van der Waals surface area contributed by atoms with E-state index >= 15 is 0 Å². The van der Waals surface area contributed by atoms with Gasteiger partial charge >= 0.3 is 0 Å². The van der Waals surface area contributed by atoms with Crippen LogP contribution in [-0.2, 0) is 9.53 Å². The highest BCUT2D eigenvalue weighted by molar-refractivity contribution is 6.02. The number of nitrogens with one attached hydrogen (secondary N) is 1. The van der Waals surface area contributed by atoms with Crippen molar-refractivity contribution in [3.63, 3.8) is 0 Å². The zero-order valence-electron chi connectivity index (χ0n) is 10.8.